The lowest BCUT2D eigenvalue weighted by Crippen LogP contribution is -2.12. The molecule has 1 aromatic heterocycles. The second kappa shape index (κ2) is 9.70. The summed E-state index contributed by atoms with van der Waals surface area (Å²) in [4.78, 5) is 28.9. The number of nitrogens with one attached hydrogen (secondary N) is 2. The summed E-state index contributed by atoms with van der Waals surface area (Å²) in [5, 5.41) is 6.34. The molecule has 8 heteroatoms. The number of amides is 2. The van der Waals surface area contributed by atoms with Gasteiger partial charge < -0.3 is 14.8 Å². The van der Waals surface area contributed by atoms with Gasteiger partial charge in [0.25, 0.3) is 5.91 Å². The third-order valence-corrected chi connectivity index (χ3v) is 4.70. The number of thiazole rings is 1. The Kier molecular flexibility index (Phi) is 6.80. The number of hydrogen-bond acceptors (Lipinski definition) is 6. The third-order valence-electron chi connectivity index (χ3n) is 3.81. The minimum Gasteiger partial charge on any atom is -0.494 e. The molecule has 0 unspecified atom stereocenters. The van der Waals surface area contributed by atoms with Crippen LogP contribution in [0.25, 0.3) is 11.3 Å². The van der Waals surface area contributed by atoms with Crippen molar-refractivity contribution in [1.29, 1.82) is 0 Å². The number of carbonyl (C=O) groups is 2. The quantitative estimate of drug-likeness (QED) is 0.569. The molecule has 0 aliphatic heterocycles. The highest BCUT2D eigenvalue weighted by Gasteiger charge is 2.18. The van der Waals surface area contributed by atoms with Crippen molar-refractivity contribution in [3.8, 4) is 17.0 Å². The SMILES string of the molecule is CCOC(=O)Nc1nc(-c2ccccc2)c(NC(=O)c2ccc(OCC)cc2)s1. The van der Waals surface area contributed by atoms with E-state index < -0.39 is 6.09 Å². The first kappa shape index (κ1) is 20.3. The van der Waals surface area contributed by atoms with E-state index in [0.29, 0.717) is 33.7 Å². The average molecular weight is 411 g/mol. The Labute approximate surface area is 172 Å². The van der Waals surface area contributed by atoms with Gasteiger partial charge in [0.05, 0.1) is 13.2 Å². The second-order valence-corrected chi connectivity index (χ2v) is 6.82. The zero-order valence-corrected chi connectivity index (χ0v) is 16.9. The van der Waals surface area contributed by atoms with Gasteiger partial charge in [-0.2, -0.15) is 0 Å². The normalized spacial score (nSPS) is 10.3. The van der Waals surface area contributed by atoms with Gasteiger partial charge in [-0.1, -0.05) is 41.7 Å². The van der Waals surface area contributed by atoms with E-state index in [0.717, 1.165) is 16.9 Å². The first-order chi connectivity index (χ1) is 14.1. The zero-order valence-electron chi connectivity index (χ0n) is 16.1. The van der Waals surface area contributed by atoms with E-state index >= 15 is 0 Å². The van der Waals surface area contributed by atoms with E-state index in [4.69, 9.17) is 9.47 Å². The fourth-order valence-corrected chi connectivity index (χ4v) is 3.42. The number of benzene rings is 2. The van der Waals surface area contributed by atoms with Crippen LogP contribution in [-0.4, -0.2) is 30.2 Å². The largest absolute Gasteiger partial charge is 0.494 e. The van der Waals surface area contributed by atoms with Gasteiger partial charge in [-0.3, -0.25) is 10.1 Å². The maximum absolute atomic E-state index is 12.7. The number of ether oxygens (including phenoxy) is 2. The molecule has 2 N–H and O–H groups in total. The van der Waals surface area contributed by atoms with Crippen molar-refractivity contribution >= 4 is 33.5 Å². The molecule has 0 aliphatic carbocycles. The van der Waals surface area contributed by atoms with E-state index in [1.165, 1.54) is 0 Å². The first-order valence-corrected chi connectivity index (χ1v) is 9.96. The molecule has 150 valence electrons. The van der Waals surface area contributed by atoms with Gasteiger partial charge in [0.1, 0.15) is 16.4 Å². The molecule has 0 fully saturated rings. The Morgan fingerprint density at radius 1 is 0.966 bits per heavy atom. The van der Waals surface area contributed by atoms with Crippen molar-refractivity contribution in [2.45, 2.75) is 13.8 Å². The predicted octanol–water partition coefficient (Wildman–Crippen LogP) is 5.03. The van der Waals surface area contributed by atoms with Crippen LogP contribution in [0.2, 0.25) is 0 Å². The zero-order chi connectivity index (χ0) is 20.6. The molecule has 0 saturated carbocycles. The Morgan fingerprint density at radius 2 is 1.69 bits per heavy atom. The molecule has 29 heavy (non-hydrogen) atoms. The molecule has 3 aromatic rings. The van der Waals surface area contributed by atoms with E-state index in [2.05, 4.69) is 15.6 Å². The predicted molar refractivity (Wildman–Crippen MR) is 114 cm³/mol. The third kappa shape index (κ3) is 5.32. The molecule has 2 amide bonds. The maximum atomic E-state index is 12.7. The Balaban J connectivity index is 1.85. The van der Waals surface area contributed by atoms with Crippen molar-refractivity contribution in [2.75, 3.05) is 23.8 Å². The number of carbonyl (C=O) groups excluding carboxylic acids is 2. The molecule has 0 spiro atoms. The van der Waals surface area contributed by atoms with Crippen LogP contribution in [0.15, 0.2) is 54.6 Å². The minimum absolute atomic E-state index is 0.254. The van der Waals surface area contributed by atoms with Crippen LogP contribution in [-0.2, 0) is 4.74 Å². The highest BCUT2D eigenvalue weighted by atomic mass is 32.1. The summed E-state index contributed by atoms with van der Waals surface area (Å²) >= 11 is 1.16. The maximum Gasteiger partial charge on any atom is 0.413 e. The van der Waals surface area contributed by atoms with Crippen molar-refractivity contribution in [1.82, 2.24) is 4.98 Å². The first-order valence-electron chi connectivity index (χ1n) is 9.15. The Morgan fingerprint density at radius 3 is 2.34 bits per heavy atom. The molecule has 1 heterocycles. The second-order valence-electron chi connectivity index (χ2n) is 5.82. The van der Waals surface area contributed by atoms with Gasteiger partial charge >= 0.3 is 6.09 Å². The van der Waals surface area contributed by atoms with Crippen LogP contribution in [0.3, 0.4) is 0 Å². The number of nitrogens with zero attached hydrogens (tertiary/aromatic N) is 1. The van der Waals surface area contributed by atoms with Crippen LogP contribution in [0.4, 0.5) is 14.9 Å². The summed E-state index contributed by atoms with van der Waals surface area (Å²) in [5.41, 5.74) is 1.88. The molecule has 0 bridgehead atoms. The van der Waals surface area contributed by atoms with E-state index in [1.54, 1.807) is 31.2 Å². The lowest BCUT2D eigenvalue weighted by molar-refractivity contribution is 0.102. The molecule has 7 nitrogen and oxygen atoms in total. The fraction of sp³-hybridized carbons (Fsp3) is 0.190. The number of anilines is 2. The van der Waals surface area contributed by atoms with Crippen molar-refractivity contribution < 1.29 is 19.1 Å². The summed E-state index contributed by atoms with van der Waals surface area (Å²) in [7, 11) is 0. The summed E-state index contributed by atoms with van der Waals surface area (Å²) in [6.07, 6.45) is -0.592. The number of hydrogen-bond donors (Lipinski definition) is 2. The lowest BCUT2D eigenvalue weighted by Gasteiger charge is -2.07. The van der Waals surface area contributed by atoms with Gasteiger partial charge in [0, 0.05) is 11.1 Å². The van der Waals surface area contributed by atoms with Crippen molar-refractivity contribution in [2.24, 2.45) is 0 Å². The van der Waals surface area contributed by atoms with Crippen LogP contribution in [0.1, 0.15) is 24.2 Å². The van der Waals surface area contributed by atoms with Crippen LogP contribution in [0, 0.1) is 0 Å². The summed E-state index contributed by atoms with van der Waals surface area (Å²) in [5.74, 6) is 0.421. The number of rotatable bonds is 7. The van der Waals surface area contributed by atoms with Gasteiger partial charge in [0.15, 0.2) is 5.13 Å². The van der Waals surface area contributed by atoms with E-state index in [1.807, 2.05) is 37.3 Å². The monoisotopic (exact) mass is 411 g/mol. The van der Waals surface area contributed by atoms with Gasteiger partial charge in [-0.05, 0) is 38.1 Å². The van der Waals surface area contributed by atoms with Crippen LogP contribution < -0.4 is 15.4 Å². The van der Waals surface area contributed by atoms with Crippen molar-refractivity contribution in [3.05, 3.63) is 60.2 Å². The topological polar surface area (TPSA) is 89.5 Å². The lowest BCUT2D eigenvalue weighted by atomic mass is 10.1. The minimum atomic E-state index is -0.592. The highest BCUT2D eigenvalue weighted by Crippen LogP contribution is 2.36. The molecule has 0 atom stereocenters. The summed E-state index contributed by atoms with van der Waals surface area (Å²) in [6.45, 7) is 4.43. The smallest absolute Gasteiger partial charge is 0.413 e. The Hall–Kier alpha value is -3.39. The van der Waals surface area contributed by atoms with E-state index in [-0.39, 0.29) is 12.5 Å². The standard InChI is InChI=1S/C21H21N3O4S/c1-3-27-16-12-10-15(11-13-16)18(25)23-19-17(14-8-6-5-7-9-14)22-20(29-19)24-21(26)28-4-2/h5-13H,3-4H2,1-2H3,(H,23,25)(H,22,24,26). The summed E-state index contributed by atoms with van der Waals surface area (Å²) in [6, 6.07) is 16.3. The summed E-state index contributed by atoms with van der Waals surface area (Å²) < 4.78 is 10.3. The molecular weight excluding hydrogens is 390 g/mol. The highest BCUT2D eigenvalue weighted by molar-refractivity contribution is 7.20. The number of aromatic nitrogens is 1. The fourth-order valence-electron chi connectivity index (χ4n) is 2.55. The van der Waals surface area contributed by atoms with Gasteiger partial charge in [-0.15, -0.1) is 0 Å². The van der Waals surface area contributed by atoms with E-state index in [9.17, 15) is 9.59 Å². The molecular formula is C21H21N3O4S. The molecule has 2 aromatic carbocycles. The molecule has 0 saturated heterocycles. The molecule has 0 radical (unpaired) electrons. The molecule has 3 rings (SSSR count). The van der Waals surface area contributed by atoms with Gasteiger partial charge in [-0.25, -0.2) is 9.78 Å². The van der Waals surface area contributed by atoms with Crippen molar-refractivity contribution in [3.63, 3.8) is 0 Å². The Bertz CT molecular complexity index is 971. The average Bonchev–Trinajstić information content (AvgIpc) is 3.11. The van der Waals surface area contributed by atoms with Crippen LogP contribution >= 0.6 is 11.3 Å². The molecule has 0 aliphatic rings. The van der Waals surface area contributed by atoms with Crippen LogP contribution in [0.5, 0.6) is 5.75 Å². The van der Waals surface area contributed by atoms with Gasteiger partial charge in [0.2, 0.25) is 0 Å².